The van der Waals surface area contributed by atoms with E-state index in [4.69, 9.17) is 15.6 Å². The molecule has 0 radical (unpaired) electrons. The molecule has 0 saturated heterocycles. The topological polar surface area (TPSA) is 72.5 Å². The van der Waals surface area contributed by atoms with E-state index in [0.29, 0.717) is 12.4 Å². The van der Waals surface area contributed by atoms with Gasteiger partial charge in [-0.05, 0) is 42.8 Å². The second kappa shape index (κ2) is 7.04. The molecule has 0 amide bonds. The third kappa shape index (κ3) is 4.43. The van der Waals surface area contributed by atoms with Crippen LogP contribution in [0.5, 0.6) is 5.75 Å². The van der Waals surface area contributed by atoms with Gasteiger partial charge in [-0.3, -0.25) is 0 Å². The van der Waals surface area contributed by atoms with Gasteiger partial charge in [-0.1, -0.05) is 12.1 Å². The van der Waals surface area contributed by atoms with Crippen LogP contribution >= 0.6 is 11.8 Å². The van der Waals surface area contributed by atoms with Gasteiger partial charge < -0.3 is 15.6 Å². The molecule has 0 saturated carbocycles. The third-order valence-electron chi connectivity index (χ3n) is 2.90. The van der Waals surface area contributed by atoms with Gasteiger partial charge >= 0.3 is 5.97 Å². The van der Waals surface area contributed by atoms with Gasteiger partial charge in [0, 0.05) is 16.3 Å². The van der Waals surface area contributed by atoms with E-state index in [1.54, 1.807) is 30.0 Å². The van der Waals surface area contributed by atoms with Crippen molar-refractivity contribution in [2.24, 2.45) is 0 Å². The number of ether oxygens (including phenoxy) is 1. The molecule has 0 aliphatic rings. The van der Waals surface area contributed by atoms with E-state index >= 15 is 0 Å². The van der Waals surface area contributed by atoms with Crippen molar-refractivity contribution in [3.8, 4) is 5.75 Å². The number of hydrogen-bond acceptors (Lipinski definition) is 4. The van der Waals surface area contributed by atoms with E-state index in [1.807, 2.05) is 25.1 Å². The van der Waals surface area contributed by atoms with Gasteiger partial charge in [0.1, 0.15) is 5.75 Å². The number of carboxylic acid groups (broad SMARTS) is 1. The van der Waals surface area contributed by atoms with Crippen LogP contribution in [-0.2, 0) is 0 Å². The summed E-state index contributed by atoms with van der Waals surface area (Å²) in [6, 6.07) is 12.3. The first-order valence-electron chi connectivity index (χ1n) is 6.51. The van der Waals surface area contributed by atoms with E-state index in [2.05, 4.69) is 0 Å². The first-order chi connectivity index (χ1) is 10.1. The highest BCUT2D eigenvalue weighted by Gasteiger charge is 2.04. The quantitative estimate of drug-likeness (QED) is 0.486. The SMILES string of the molecule is Cc1ccc(N)cc1SCCOc1cccc(C(=O)O)c1. The van der Waals surface area contributed by atoms with Crippen molar-refractivity contribution >= 4 is 23.4 Å². The zero-order valence-corrected chi connectivity index (χ0v) is 12.5. The van der Waals surface area contributed by atoms with Crippen molar-refractivity contribution in [1.29, 1.82) is 0 Å². The van der Waals surface area contributed by atoms with E-state index in [1.165, 1.54) is 11.6 Å². The average molecular weight is 303 g/mol. The summed E-state index contributed by atoms with van der Waals surface area (Å²) in [6.45, 7) is 2.54. The maximum atomic E-state index is 10.9. The van der Waals surface area contributed by atoms with Crippen LogP contribution in [0.3, 0.4) is 0 Å². The Labute approximate surface area is 127 Å². The second-order valence-corrected chi connectivity index (χ2v) is 5.69. The Morgan fingerprint density at radius 2 is 2.10 bits per heavy atom. The number of nitrogen functional groups attached to an aromatic ring is 1. The van der Waals surface area contributed by atoms with Crippen LogP contribution in [0.1, 0.15) is 15.9 Å². The van der Waals surface area contributed by atoms with Crippen LogP contribution in [0.2, 0.25) is 0 Å². The molecule has 5 heteroatoms. The highest BCUT2D eigenvalue weighted by Crippen LogP contribution is 2.24. The Bertz CT molecular complexity index is 643. The van der Waals surface area contributed by atoms with Crippen molar-refractivity contribution in [2.75, 3.05) is 18.1 Å². The maximum Gasteiger partial charge on any atom is 0.335 e. The predicted octanol–water partition coefficient (Wildman–Crippen LogP) is 3.45. The van der Waals surface area contributed by atoms with Crippen LogP contribution in [0.15, 0.2) is 47.4 Å². The monoisotopic (exact) mass is 303 g/mol. The highest BCUT2D eigenvalue weighted by atomic mass is 32.2. The molecular weight excluding hydrogens is 286 g/mol. The zero-order valence-electron chi connectivity index (χ0n) is 11.7. The fraction of sp³-hybridized carbons (Fsp3) is 0.188. The Hall–Kier alpha value is -2.14. The molecule has 0 spiro atoms. The summed E-state index contributed by atoms with van der Waals surface area (Å²) in [5.74, 6) is 0.381. The van der Waals surface area contributed by atoms with Crippen LogP contribution in [0.4, 0.5) is 5.69 Å². The summed E-state index contributed by atoms with van der Waals surface area (Å²) in [4.78, 5) is 12.0. The minimum absolute atomic E-state index is 0.229. The van der Waals surface area contributed by atoms with Gasteiger partial charge in [0.05, 0.1) is 12.2 Å². The molecule has 110 valence electrons. The molecule has 2 aromatic rings. The van der Waals surface area contributed by atoms with Gasteiger partial charge in [-0.15, -0.1) is 11.8 Å². The lowest BCUT2D eigenvalue weighted by Gasteiger charge is -2.09. The first-order valence-corrected chi connectivity index (χ1v) is 7.50. The summed E-state index contributed by atoms with van der Waals surface area (Å²) in [6.07, 6.45) is 0. The number of carbonyl (C=O) groups is 1. The summed E-state index contributed by atoms with van der Waals surface area (Å²) in [5, 5.41) is 8.91. The lowest BCUT2D eigenvalue weighted by molar-refractivity contribution is 0.0696. The molecule has 0 aromatic heterocycles. The number of rotatable bonds is 6. The lowest BCUT2D eigenvalue weighted by atomic mass is 10.2. The molecule has 21 heavy (non-hydrogen) atoms. The summed E-state index contributed by atoms with van der Waals surface area (Å²) in [5.41, 5.74) is 7.93. The fourth-order valence-corrected chi connectivity index (χ4v) is 2.70. The number of carboxylic acids is 1. The van der Waals surface area contributed by atoms with Crippen LogP contribution < -0.4 is 10.5 Å². The summed E-state index contributed by atoms with van der Waals surface area (Å²) in [7, 11) is 0. The van der Waals surface area contributed by atoms with Gasteiger partial charge in [0.15, 0.2) is 0 Å². The number of benzene rings is 2. The molecule has 0 heterocycles. The Morgan fingerprint density at radius 1 is 1.29 bits per heavy atom. The van der Waals surface area contributed by atoms with E-state index in [-0.39, 0.29) is 5.56 Å². The molecule has 2 aromatic carbocycles. The summed E-state index contributed by atoms with van der Waals surface area (Å²) < 4.78 is 5.57. The number of aryl methyl sites for hydroxylation is 1. The minimum atomic E-state index is -0.954. The van der Waals surface area contributed by atoms with Gasteiger partial charge in [0.25, 0.3) is 0 Å². The van der Waals surface area contributed by atoms with Crippen molar-refractivity contribution in [2.45, 2.75) is 11.8 Å². The van der Waals surface area contributed by atoms with Crippen LogP contribution in [-0.4, -0.2) is 23.4 Å². The largest absolute Gasteiger partial charge is 0.493 e. The van der Waals surface area contributed by atoms with Crippen LogP contribution in [0, 0.1) is 6.92 Å². The maximum absolute atomic E-state index is 10.9. The lowest BCUT2D eigenvalue weighted by Crippen LogP contribution is -2.02. The Balaban J connectivity index is 1.86. The van der Waals surface area contributed by atoms with E-state index < -0.39 is 5.97 Å². The molecular formula is C16H17NO3S. The van der Waals surface area contributed by atoms with Crippen molar-refractivity contribution in [3.63, 3.8) is 0 Å². The molecule has 4 nitrogen and oxygen atoms in total. The van der Waals surface area contributed by atoms with Crippen LogP contribution in [0.25, 0.3) is 0 Å². The second-order valence-electron chi connectivity index (χ2n) is 4.55. The number of aromatic carboxylic acids is 1. The smallest absolute Gasteiger partial charge is 0.335 e. The number of thioether (sulfide) groups is 1. The summed E-state index contributed by atoms with van der Waals surface area (Å²) >= 11 is 1.67. The van der Waals surface area contributed by atoms with Crippen molar-refractivity contribution < 1.29 is 14.6 Å². The number of hydrogen-bond donors (Lipinski definition) is 2. The molecule has 0 bridgehead atoms. The standard InChI is InChI=1S/C16H17NO3S/c1-11-5-6-13(17)10-15(11)21-8-7-20-14-4-2-3-12(9-14)16(18)19/h2-6,9-10H,7-8,17H2,1H3,(H,18,19). The molecule has 0 fully saturated rings. The number of anilines is 1. The van der Waals surface area contributed by atoms with Gasteiger partial charge in [-0.2, -0.15) is 0 Å². The molecule has 0 aliphatic heterocycles. The average Bonchev–Trinajstić information content (AvgIpc) is 2.47. The normalized spacial score (nSPS) is 10.3. The zero-order chi connectivity index (χ0) is 15.2. The minimum Gasteiger partial charge on any atom is -0.493 e. The molecule has 3 N–H and O–H groups in total. The number of nitrogens with two attached hydrogens (primary N) is 1. The first kappa shape index (κ1) is 15.3. The molecule has 0 atom stereocenters. The Morgan fingerprint density at radius 3 is 2.86 bits per heavy atom. The van der Waals surface area contributed by atoms with Crippen molar-refractivity contribution in [1.82, 2.24) is 0 Å². The van der Waals surface area contributed by atoms with Gasteiger partial charge in [-0.25, -0.2) is 4.79 Å². The van der Waals surface area contributed by atoms with Gasteiger partial charge in [0.2, 0.25) is 0 Å². The molecule has 2 rings (SSSR count). The fourth-order valence-electron chi connectivity index (χ4n) is 1.80. The molecule has 0 unspecified atom stereocenters. The van der Waals surface area contributed by atoms with Crippen molar-refractivity contribution in [3.05, 3.63) is 53.6 Å². The predicted molar refractivity (Wildman–Crippen MR) is 85.2 cm³/mol. The molecule has 0 aliphatic carbocycles. The third-order valence-corrected chi connectivity index (χ3v) is 4.02. The van der Waals surface area contributed by atoms with E-state index in [9.17, 15) is 4.79 Å². The Kier molecular flexibility index (Phi) is 5.11. The van der Waals surface area contributed by atoms with E-state index in [0.717, 1.165) is 16.3 Å². The highest BCUT2D eigenvalue weighted by molar-refractivity contribution is 7.99.